The van der Waals surface area contributed by atoms with Crippen molar-refractivity contribution in [2.45, 2.75) is 70.8 Å². The molecule has 1 fully saturated rings. The number of carbonyl (C=O) groups is 1. The van der Waals surface area contributed by atoms with Gasteiger partial charge in [-0.15, -0.1) is 0 Å². The van der Waals surface area contributed by atoms with Crippen molar-refractivity contribution in [1.82, 2.24) is 0 Å². The van der Waals surface area contributed by atoms with E-state index in [-0.39, 0.29) is 11.0 Å². The van der Waals surface area contributed by atoms with Gasteiger partial charge in [0, 0.05) is 30.1 Å². The van der Waals surface area contributed by atoms with E-state index >= 15 is 0 Å². The van der Waals surface area contributed by atoms with Crippen LogP contribution in [0.3, 0.4) is 0 Å². The second-order valence-corrected chi connectivity index (χ2v) is 12.0. The molecule has 1 saturated heterocycles. The van der Waals surface area contributed by atoms with Crippen LogP contribution in [-0.4, -0.2) is 25.0 Å². The molecule has 0 spiro atoms. The van der Waals surface area contributed by atoms with Crippen molar-refractivity contribution in [1.29, 1.82) is 0 Å². The molecular formula is C33H39NO2. The van der Waals surface area contributed by atoms with Gasteiger partial charge in [-0.05, 0) is 98.9 Å². The Morgan fingerprint density at radius 2 is 1.61 bits per heavy atom. The van der Waals surface area contributed by atoms with Crippen LogP contribution in [0.2, 0.25) is 0 Å². The maximum atomic E-state index is 11.5. The van der Waals surface area contributed by atoms with Crippen molar-refractivity contribution in [2.75, 3.05) is 18.0 Å². The number of aryl methyl sites for hydroxylation is 1. The fourth-order valence-electron chi connectivity index (χ4n) is 5.97. The molecule has 2 atom stereocenters. The quantitative estimate of drug-likeness (QED) is 0.353. The van der Waals surface area contributed by atoms with Crippen LogP contribution >= 0.6 is 0 Å². The highest BCUT2D eigenvalue weighted by atomic mass is 16.5. The molecule has 3 aromatic carbocycles. The Bertz CT molecular complexity index is 1180. The minimum absolute atomic E-state index is 0.166. The SMILES string of the molecule is CC1(C=O)CCN(c2ccc([C@@H]3c4ccc(OC(C)(C)C)cc4CC[C@@H]3c3ccccc3)cc2)CC1. The predicted molar refractivity (Wildman–Crippen MR) is 148 cm³/mol. The smallest absolute Gasteiger partial charge is 0.125 e. The molecule has 1 aliphatic carbocycles. The van der Waals surface area contributed by atoms with E-state index in [1.165, 1.54) is 27.9 Å². The van der Waals surface area contributed by atoms with Crippen molar-refractivity contribution >= 4 is 12.0 Å². The number of fused-ring (bicyclic) bond motifs is 1. The molecule has 0 bridgehead atoms. The summed E-state index contributed by atoms with van der Waals surface area (Å²) >= 11 is 0. The summed E-state index contributed by atoms with van der Waals surface area (Å²) in [5.74, 6) is 1.72. The van der Waals surface area contributed by atoms with E-state index < -0.39 is 0 Å². The van der Waals surface area contributed by atoms with E-state index in [0.29, 0.717) is 11.8 Å². The fraction of sp³-hybridized carbons (Fsp3) is 0.424. The lowest BCUT2D eigenvalue weighted by atomic mass is 9.69. The lowest BCUT2D eigenvalue weighted by molar-refractivity contribution is -0.116. The molecule has 0 radical (unpaired) electrons. The third-order valence-electron chi connectivity index (χ3n) is 8.04. The summed E-state index contributed by atoms with van der Waals surface area (Å²) in [6, 6.07) is 26.9. The summed E-state index contributed by atoms with van der Waals surface area (Å²) in [5.41, 5.74) is 6.49. The van der Waals surface area contributed by atoms with Gasteiger partial charge in [0.1, 0.15) is 17.6 Å². The van der Waals surface area contributed by atoms with Crippen LogP contribution in [0.25, 0.3) is 0 Å². The molecule has 0 aromatic heterocycles. The highest BCUT2D eigenvalue weighted by molar-refractivity contribution is 5.60. The highest BCUT2D eigenvalue weighted by Gasteiger charge is 2.33. The molecule has 2 aliphatic rings. The normalized spacial score (nSPS) is 21.5. The van der Waals surface area contributed by atoms with Gasteiger partial charge in [0.2, 0.25) is 0 Å². The monoisotopic (exact) mass is 481 g/mol. The fourth-order valence-corrected chi connectivity index (χ4v) is 5.97. The number of aldehydes is 1. The van der Waals surface area contributed by atoms with Crippen LogP contribution < -0.4 is 9.64 Å². The van der Waals surface area contributed by atoms with Crippen LogP contribution in [0.15, 0.2) is 72.8 Å². The topological polar surface area (TPSA) is 29.5 Å². The minimum atomic E-state index is -0.206. The average molecular weight is 482 g/mol. The third kappa shape index (κ3) is 5.21. The van der Waals surface area contributed by atoms with Crippen LogP contribution in [0, 0.1) is 5.41 Å². The molecule has 3 aromatic rings. The second-order valence-electron chi connectivity index (χ2n) is 12.0. The molecule has 0 amide bonds. The third-order valence-corrected chi connectivity index (χ3v) is 8.04. The van der Waals surface area contributed by atoms with Gasteiger partial charge in [-0.1, -0.05) is 55.5 Å². The lowest BCUT2D eigenvalue weighted by Crippen LogP contribution is -2.39. The number of hydrogen-bond acceptors (Lipinski definition) is 3. The van der Waals surface area contributed by atoms with E-state index in [4.69, 9.17) is 4.74 Å². The van der Waals surface area contributed by atoms with Gasteiger partial charge in [-0.3, -0.25) is 0 Å². The van der Waals surface area contributed by atoms with Gasteiger partial charge in [-0.25, -0.2) is 0 Å². The van der Waals surface area contributed by atoms with E-state index in [0.717, 1.165) is 50.8 Å². The van der Waals surface area contributed by atoms with Gasteiger partial charge in [0.05, 0.1) is 0 Å². The summed E-state index contributed by atoms with van der Waals surface area (Å²) in [4.78, 5) is 13.9. The number of benzene rings is 3. The summed E-state index contributed by atoms with van der Waals surface area (Å²) in [7, 11) is 0. The Labute approximate surface area is 216 Å². The summed E-state index contributed by atoms with van der Waals surface area (Å²) in [6.45, 7) is 10.3. The molecule has 3 heteroatoms. The molecule has 0 unspecified atom stereocenters. The number of piperidine rings is 1. The van der Waals surface area contributed by atoms with Gasteiger partial charge < -0.3 is 14.4 Å². The molecule has 1 aliphatic heterocycles. The summed E-state index contributed by atoms with van der Waals surface area (Å²) < 4.78 is 6.20. The Morgan fingerprint density at radius 3 is 2.25 bits per heavy atom. The molecule has 5 rings (SSSR count). The summed E-state index contributed by atoms with van der Waals surface area (Å²) in [6.07, 6.45) is 5.18. The standard InChI is InChI=1S/C33H39NO2/c1-32(2,3)36-28-15-17-30-26(22-28)12-16-29(24-8-6-5-7-9-24)31(30)25-10-13-27(14-11-25)34-20-18-33(4,23-35)19-21-34/h5-11,13-15,17,22-23,29,31H,12,16,18-21H2,1-4H3/t29-,31+/m1/s1. The molecule has 1 heterocycles. The predicted octanol–water partition coefficient (Wildman–Crippen LogP) is 7.53. The molecular weight excluding hydrogens is 442 g/mol. The van der Waals surface area contributed by atoms with Gasteiger partial charge >= 0.3 is 0 Å². The lowest BCUT2D eigenvalue weighted by Gasteiger charge is -2.38. The van der Waals surface area contributed by atoms with E-state index in [1.54, 1.807) is 0 Å². The number of nitrogens with zero attached hydrogens (tertiary/aromatic N) is 1. The minimum Gasteiger partial charge on any atom is -0.488 e. The molecule has 3 nitrogen and oxygen atoms in total. The van der Waals surface area contributed by atoms with Crippen LogP contribution in [-0.2, 0) is 11.2 Å². The van der Waals surface area contributed by atoms with E-state index in [2.05, 4.69) is 105 Å². The zero-order valence-electron chi connectivity index (χ0n) is 22.2. The first-order valence-corrected chi connectivity index (χ1v) is 13.4. The number of anilines is 1. The Hall–Kier alpha value is -3.07. The zero-order valence-corrected chi connectivity index (χ0v) is 22.2. The van der Waals surface area contributed by atoms with Crippen LogP contribution in [0.1, 0.15) is 81.0 Å². The molecule has 0 N–H and O–H groups in total. The van der Waals surface area contributed by atoms with Crippen molar-refractivity contribution in [3.05, 3.63) is 95.1 Å². The van der Waals surface area contributed by atoms with Crippen molar-refractivity contribution in [3.8, 4) is 5.75 Å². The maximum absolute atomic E-state index is 11.5. The number of hydrogen-bond donors (Lipinski definition) is 0. The maximum Gasteiger partial charge on any atom is 0.125 e. The zero-order chi connectivity index (χ0) is 25.3. The van der Waals surface area contributed by atoms with Crippen LogP contribution in [0.5, 0.6) is 5.75 Å². The second kappa shape index (κ2) is 9.76. The van der Waals surface area contributed by atoms with Crippen molar-refractivity contribution in [3.63, 3.8) is 0 Å². The first kappa shape index (κ1) is 24.6. The van der Waals surface area contributed by atoms with Crippen LogP contribution in [0.4, 0.5) is 5.69 Å². The van der Waals surface area contributed by atoms with Crippen molar-refractivity contribution in [2.24, 2.45) is 5.41 Å². The van der Waals surface area contributed by atoms with E-state index in [1.807, 2.05) is 0 Å². The van der Waals surface area contributed by atoms with Gasteiger partial charge in [-0.2, -0.15) is 0 Å². The Kier molecular flexibility index (Phi) is 6.68. The average Bonchev–Trinajstić information content (AvgIpc) is 2.88. The van der Waals surface area contributed by atoms with Gasteiger partial charge in [0.25, 0.3) is 0 Å². The van der Waals surface area contributed by atoms with E-state index in [9.17, 15) is 4.79 Å². The Morgan fingerprint density at radius 1 is 0.917 bits per heavy atom. The number of ether oxygens (including phenoxy) is 1. The molecule has 188 valence electrons. The Balaban J connectivity index is 1.46. The van der Waals surface area contributed by atoms with Crippen molar-refractivity contribution < 1.29 is 9.53 Å². The number of rotatable bonds is 5. The van der Waals surface area contributed by atoms with Gasteiger partial charge in [0.15, 0.2) is 0 Å². The molecule has 36 heavy (non-hydrogen) atoms. The highest BCUT2D eigenvalue weighted by Crippen LogP contribution is 2.47. The summed E-state index contributed by atoms with van der Waals surface area (Å²) in [5, 5.41) is 0. The number of carbonyl (C=O) groups excluding carboxylic acids is 1. The first-order chi connectivity index (χ1) is 17.2. The largest absolute Gasteiger partial charge is 0.488 e. The first-order valence-electron chi connectivity index (χ1n) is 13.4. The molecule has 0 saturated carbocycles.